The van der Waals surface area contributed by atoms with Crippen molar-refractivity contribution < 1.29 is 19.4 Å². The van der Waals surface area contributed by atoms with Crippen LogP contribution >= 0.6 is 0 Å². The third kappa shape index (κ3) is 7.98. The zero-order valence-electron chi connectivity index (χ0n) is 27.0. The molecule has 14 nitrogen and oxygen atoms in total. The lowest BCUT2D eigenvalue weighted by molar-refractivity contribution is -0.138. The first kappa shape index (κ1) is 33.7. The topological polar surface area (TPSA) is 181 Å². The summed E-state index contributed by atoms with van der Waals surface area (Å²) in [6.45, 7) is 8.51. The average molecular weight is 656 g/mol. The summed E-state index contributed by atoms with van der Waals surface area (Å²) in [6.07, 6.45) is 2.60. The second kappa shape index (κ2) is 15.3. The number of nitrogens with one attached hydrogen (secondary N) is 3. The first-order chi connectivity index (χ1) is 23.1. The maximum absolute atomic E-state index is 13.6. The Morgan fingerprint density at radius 2 is 1.23 bits per heavy atom. The van der Waals surface area contributed by atoms with Crippen LogP contribution in [0.1, 0.15) is 50.9 Å². The van der Waals surface area contributed by atoms with Gasteiger partial charge in [-0.25, -0.2) is 14.8 Å². The lowest BCUT2D eigenvalue weighted by Crippen LogP contribution is -2.33. The fraction of sp³-hybridized carbons (Fsp3) is 0.303. The van der Waals surface area contributed by atoms with Gasteiger partial charge in [-0.1, -0.05) is 60.7 Å². The first-order valence-electron chi connectivity index (χ1n) is 15.4. The summed E-state index contributed by atoms with van der Waals surface area (Å²) in [5.41, 5.74) is 4.43. The van der Waals surface area contributed by atoms with Crippen LogP contribution in [0.3, 0.4) is 0 Å². The molecule has 0 aliphatic carbocycles. The number of aliphatic carboxylic acids is 1. The van der Waals surface area contributed by atoms with Crippen LogP contribution in [-0.4, -0.2) is 67.9 Å². The lowest BCUT2D eigenvalue weighted by atomic mass is 10.2. The van der Waals surface area contributed by atoms with E-state index in [1.807, 2.05) is 97.5 Å². The highest BCUT2D eigenvalue weighted by Crippen LogP contribution is 2.25. The molecule has 6 aromatic rings. The number of carboxylic acid groups (broad SMARTS) is 1. The van der Waals surface area contributed by atoms with Gasteiger partial charge in [0.15, 0.2) is 40.0 Å². The van der Waals surface area contributed by atoms with Crippen LogP contribution < -0.4 is 16.0 Å². The van der Waals surface area contributed by atoms with E-state index in [1.165, 1.54) is 0 Å². The third-order valence-corrected chi connectivity index (χ3v) is 7.32. The number of hydrogen-bond acceptors (Lipinski definition) is 11. The number of aromatic nitrogens is 8. The molecule has 5 N–H and O–H groups in total. The molecule has 4 heterocycles. The van der Waals surface area contributed by atoms with Crippen LogP contribution in [0.4, 0.5) is 22.0 Å². The van der Waals surface area contributed by atoms with Gasteiger partial charge in [-0.3, -0.25) is 0 Å². The number of aliphatic hydroxyl groups is 1. The molecule has 0 bridgehead atoms. The van der Waals surface area contributed by atoms with Crippen LogP contribution in [-0.2, 0) is 17.9 Å². The third-order valence-electron chi connectivity index (χ3n) is 7.32. The smallest absolute Gasteiger partial charge is 0.328 e. The maximum Gasteiger partial charge on any atom is 0.328 e. The monoisotopic (exact) mass is 655 g/mol. The Morgan fingerprint density at radius 3 is 1.69 bits per heavy atom. The quantitative estimate of drug-likeness (QED) is 0.111. The molecular formula is C33H38FN11O3. The van der Waals surface area contributed by atoms with Gasteiger partial charge in [0.25, 0.3) is 0 Å². The number of rotatable bonds is 12. The molecule has 0 spiro atoms. The number of fused-ring (bicyclic) bond motifs is 2. The Morgan fingerprint density at radius 1 is 0.750 bits per heavy atom. The Bertz CT molecular complexity index is 1960. The van der Waals surface area contributed by atoms with Crippen molar-refractivity contribution >= 4 is 45.9 Å². The second-order valence-electron chi connectivity index (χ2n) is 11.5. The number of anilines is 3. The number of carboxylic acids is 1. The van der Waals surface area contributed by atoms with Crippen molar-refractivity contribution in [2.45, 2.75) is 58.9 Å². The zero-order valence-corrected chi connectivity index (χ0v) is 27.0. The number of nitrogens with zero attached hydrogens (tertiary/aromatic N) is 8. The molecule has 0 aliphatic rings. The predicted octanol–water partition coefficient (Wildman–Crippen LogP) is 5.04. The minimum Gasteiger partial charge on any atom is -0.480 e. The molecular weight excluding hydrogens is 617 g/mol. The maximum atomic E-state index is 13.6. The summed E-state index contributed by atoms with van der Waals surface area (Å²) in [6, 6.07) is 18.8. The predicted molar refractivity (Wildman–Crippen MR) is 181 cm³/mol. The van der Waals surface area contributed by atoms with Crippen LogP contribution in [0.25, 0.3) is 22.3 Å². The van der Waals surface area contributed by atoms with Gasteiger partial charge in [0, 0.05) is 25.2 Å². The van der Waals surface area contributed by atoms with Gasteiger partial charge in [-0.15, -0.1) is 0 Å². The van der Waals surface area contributed by atoms with Gasteiger partial charge < -0.3 is 35.3 Å². The highest BCUT2D eigenvalue weighted by Gasteiger charge is 2.20. The normalized spacial score (nSPS) is 11.8. The van der Waals surface area contributed by atoms with E-state index in [0.29, 0.717) is 47.1 Å². The van der Waals surface area contributed by atoms with Gasteiger partial charge in [0.1, 0.15) is 0 Å². The van der Waals surface area contributed by atoms with E-state index in [0.717, 1.165) is 11.1 Å². The van der Waals surface area contributed by atoms with E-state index >= 15 is 0 Å². The molecule has 0 aliphatic heterocycles. The Kier molecular flexibility index (Phi) is 10.7. The summed E-state index contributed by atoms with van der Waals surface area (Å²) >= 11 is 0. The van der Waals surface area contributed by atoms with E-state index in [4.69, 9.17) is 5.11 Å². The molecule has 0 fully saturated rings. The van der Waals surface area contributed by atoms with Crippen molar-refractivity contribution in [3.05, 3.63) is 90.5 Å². The van der Waals surface area contributed by atoms with Crippen LogP contribution in [0.2, 0.25) is 0 Å². The number of imidazole rings is 2. The van der Waals surface area contributed by atoms with Crippen molar-refractivity contribution in [2.75, 3.05) is 22.6 Å². The van der Waals surface area contributed by atoms with Crippen molar-refractivity contribution in [2.24, 2.45) is 0 Å². The summed E-state index contributed by atoms with van der Waals surface area (Å²) in [5, 5.41) is 27.5. The van der Waals surface area contributed by atoms with Gasteiger partial charge >= 0.3 is 12.0 Å². The first-order valence-corrected chi connectivity index (χ1v) is 15.4. The number of aliphatic hydroxyl groups excluding tert-OH is 1. The van der Waals surface area contributed by atoms with Gasteiger partial charge in [-0.05, 0) is 38.8 Å². The van der Waals surface area contributed by atoms with Gasteiger partial charge in [0.2, 0.25) is 5.95 Å². The highest BCUT2D eigenvalue weighted by atomic mass is 19.1. The molecule has 250 valence electrons. The fourth-order valence-electron chi connectivity index (χ4n) is 4.78. The minimum absolute atomic E-state index is 0.113. The molecule has 0 amide bonds. The van der Waals surface area contributed by atoms with Crippen molar-refractivity contribution in [3.8, 4) is 0 Å². The average Bonchev–Trinajstić information content (AvgIpc) is 3.71. The zero-order chi connectivity index (χ0) is 34.2. The number of carbonyl (C=O) groups is 1. The number of halogens is 1. The van der Waals surface area contributed by atoms with Crippen LogP contribution in [0, 0.1) is 6.08 Å². The Labute approximate surface area is 276 Å². The SMILES string of the molecule is CC(C)n1cnc2c(NCc3ccccc3)nc(F)nc21.CC(C)n1cnc2c(NCc3ccccc3)nc(N[C@@H](CO)C(=O)O)nc21. The molecule has 15 heteroatoms. The van der Waals surface area contributed by atoms with E-state index in [1.54, 1.807) is 12.7 Å². The van der Waals surface area contributed by atoms with Crippen molar-refractivity contribution in [3.63, 3.8) is 0 Å². The van der Waals surface area contributed by atoms with E-state index in [2.05, 4.69) is 45.9 Å². The summed E-state index contributed by atoms with van der Waals surface area (Å²) in [7, 11) is 0. The molecule has 1 atom stereocenters. The molecule has 0 radical (unpaired) electrons. The van der Waals surface area contributed by atoms with Gasteiger partial charge in [0.05, 0.1) is 19.3 Å². The molecule has 2 aromatic carbocycles. The van der Waals surface area contributed by atoms with Crippen LogP contribution in [0.5, 0.6) is 0 Å². The highest BCUT2D eigenvalue weighted by molar-refractivity contribution is 5.85. The minimum atomic E-state index is -1.19. The van der Waals surface area contributed by atoms with E-state index in [-0.39, 0.29) is 18.0 Å². The van der Waals surface area contributed by atoms with Crippen molar-refractivity contribution in [1.82, 2.24) is 39.0 Å². The number of hydrogen-bond donors (Lipinski definition) is 5. The standard InChI is InChI=1S/C18H22N6O3.C15H16FN5/c1-11(2)24-10-20-14-15(19-8-12-6-4-3-5-7-12)22-18(23-16(14)24)21-13(9-25)17(26)27;1-10(2)21-9-18-12-13(19-15(16)20-14(12)21)17-8-11-6-4-3-5-7-11/h3-7,10-11,13,25H,8-9H2,1-2H3,(H,26,27)(H2,19,21,22,23);3-7,9-10H,8H2,1-2H3,(H,17,19,20)/t13-;/m0./s1. The van der Waals surface area contributed by atoms with Gasteiger partial charge in [-0.2, -0.15) is 24.3 Å². The second-order valence-corrected chi connectivity index (χ2v) is 11.5. The number of benzene rings is 2. The molecule has 0 saturated heterocycles. The van der Waals surface area contributed by atoms with Crippen LogP contribution in [0.15, 0.2) is 73.3 Å². The largest absolute Gasteiger partial charge is 0.480 e. The van der Waals surface area contributed by atoms with E-state index in [9.17, 15) is 14.3 Å². The summed E-state index contributed by atoms with van der Waals surface area (Å²) in [5.74, 6) is -0.159. The molecule has 6 rings (SSSR count). The Hall–Kier alpha value is -5.70. The molecule has 48 heavy (non-hydrogen) atoms. The van der Waals surface area contributed by atoms with Crippen molar-refractivity contribution in [1.29, 1.82) is 0 Å². The molecule has 0 saturated carbocycles. The summed E-state index contributed by atoms with van der Waals surface area (Å²) < 4.78 is 17.3. The van der Waals surface area contributed by atoms with E-state index < -0.39 is 24.7 Å². The molecule has 4 aromatic heterocycles. The Balaban J connectivity index is 0.000000194. The fourth-order valence-corrected chi connectivity index (χ4v) is 4.78. The lowest BCUT2D eigenvalue weighted by Gasteiger charge is -2.14. The summed E-state index contributed by atoms with van der Waals surface area (Å²) in [4.78, 5) is 36.4. The molecule has 0 unspecified atom stereocenters.